The Hall–Kier alpha value is -3.87. The summed E-state index contributed by atoms with van der Waals surface area (Å²) in [5.41, 5.74) is 4.02. The second-order valence-electron chi connectivity index (χ2n) is 5.80. The van der Waals surface area contributed by atoms with Crippen LogP contribution >= 0.6 is 0 Å². The van der Waals surface area contributed by atoms with Gasteiger partial charge in [-0.1, -0.05) is 65.8 Å². The van der Waals surface area contributed by atoms with Gasteiger partial charge in [-0.25, -0.2) is 0 Å². The minimum Gasteiger partial charge on any atom is -0.497 e. The zero-order valence-corrected chi connectivity index (χ0v) is 22.6. The highest BCUT2D eigenvalue weighted by Gasteiger charge is 2.05. The summed E-state index contributed by atoms with van der Waals surface area (Å²) in [6.45, 7) is 12.0. The van der Waals surface area contributed by atoms with E-state index in [1.165, 1.54) is 0 Å². The van der Waals surface area contributed by atoms with Crippen molar-refractivity contribution in [2.75, 3.05) is 31.8 Å². The zero-order chi connectivity index (χ0) is 27.1. The van der Waals surface area contributed by atoms with Crippen LogP contribution in [0.5, 0.6) is 5.75 Å². The lowest BCUT2D eigenvalue weighted by molar-refractivity contribution is -0.105. The summed E-state index contributed by atoms with van der Waals surface area (Å²) in [4.78, 5) is 25.8. The van der Waals surface area contributed by atoms with Crippen molar-refractivity contribution in [1.29, 1.82) is 0 Å². The number of carbonyl (C=O) groups is 2. The van der Waals surface area contributed by atoms with Crippen LogP contribution in [0.15, 0.2) is 66.9 Å². The molecule has 1 heterocycles. The molecule has 2 amide bonds. The summed E-state index contributed by atoms with van der Waals surface area (Å²) in [5, 5.41) is 8.10. The first-order chi connectivity index (χ1) is 17.1. The predicted octanol–water partition coefficient (Wildman–Crippen LogP) is 6.49. The van der Waals surface area contributed by atoms with Gasteiger partial charge in [0.05, 0.1) is 29.7 Å². The van der Waals surface area contributed by atoms with Gasteiger partial charge in [0.25, 0.3) is 5.91 Å². The first kappa shape index (κ1) is 33.3. The van der Waals surface area contributed by atoms with Crippen molar-refractivity contribution in [2.45, 2.75) is 41.5 Å². The average Bonchev–Trinajstić information content (AvgIpc) is 2.96. The molecule has 0 fully saturated rings. The molecular weight excluding hydrogens is 440 g/mol. The fourth-order valence-electron chi connectivity index (χ4n) is 2.52. The summed E-state index contributed by atoms with van der Waals surface area (Å²) in [5.74, 6) is 0.643. The van der Waals surface area contributed by atoms with Gasteiger partial charge in [0.2, 0.25) is 6.41 Å². The van der Waals surface area contributed by atoms with Gasteiger partial charge in [-0.2, -0.15) is 0 Å². The van der Waals surface area contributed by atoms with Gasteiger partial charge < -0.3 is 20.7 Å². The highest BCUT2D eigenvalue weighted by atomic mass is 16.5. The van der Waals surface area contributed by atoms with Crippen LogP contribution in [0.1, 0.15) is 51.9 Å². The second-order valence-corrected chi connectivity index (χ2v) is 5.80. The van der Waals surface area contributed by atoms with Gasteiger partial charge in [-0.15, -0.1) is 0 Å². The van der Waals surface area contributed by atoms with Crippen molar-refractivity contribution in [3.05, 3.63) is 72.4 Å². The second kappa shape index (κ2) is 21.9. The third-order valence-corrected chi connectivity index (χ3v) is 4.03. The lowest BCUT2D eigenvalue weighted by Gasteiger charge is -2.05. The average molecular weight is 483 g/mol. The molecule has 1 aromatic heterocycles. The standard InChI is InChI=1S/C14H14N2O2.C8H10N2O.3C2H6/c1-15-14(17)11-6-7-13(16-9-11)10-4-3-5-12(8-10)18-2;1-9-7-4-2-3-5-8(7)10-6-11;3*1-2/h3-9H,1-2H3,(H,15,17);2-6,9H,1H3,(H,10,11);3*1-2H3. The van der Waals surface area contributed by atoms with Gasteiger partial charge >= 0.3 is 0 Å². The Morgan fingerprint density at radius 2 is 1.49 bits per heavy atom. The Labute approximate surface area is 211 Å². The van der Waals surface area contributed by atoms with Gasteiger partial charge in [0.1, 0.15) is 5.75 Å². The number of rotatable bonds is 6. The van der Waals surface area contributed by atoms with E-state index < -0.39 is 0 Å². The number of anilines is 2. The van der Waals surface area contributed by atoms with E-state index in [-0.39, 0.29) is 5.91 Å². The number of nitrogens with zero attached hydrogens (tertiary/aromatic N) is 1. The van der Waals surface area contributed by atoms with Crippen molar-refractivity contribution in [1.82, 2.24) is 10.3 Å². The van der Waals surface area contributed by atoms with Gasteiger partial charge in [-0.3, -0.25) is 14.6 Å². The van der Waals surface area contributed by atoms with Crippen LogP contribution in [0.2, 0.25) is 0 Å². The van der Waals surface area contributed by atoms with Gasteiger partial charge in [-0.05, 0) is 36.4 Å². The Morgan fingerprint density at radius 1 is 0.857 bits per heavy atom. The number of methoxy groups -OCH3 is 1. The van der Waals surface area contributed by atoms with Crippen LogP contribution in [0.3, 0.4) is 0 Å². The quantitative estimate of drug-likeness (QED) is 0.349. The van der Waals surface area contributed by atoms with Crippen molar-refractivity contribution in [3.63, 3.8) is 0 Å². The largest absolute Gasteiger partial charge is 0.497 e. The summed E-state index contributed by atoms with van der Waals surface area (Å²) in [6.07, 6.45) is 2.23. The number of amides is 2. The molecular formula is C28H42N4O3. The number of hydrogen-bond donors (Lipinski definition) is 3. The SMILES string of the molecule is CC.CC.CC.CNC(=O)c1ccc(-c2cccc(OC)c2)nc1.CNc1ccccc1NC=O. The third kappa shape index (κ3) is 12.2. The van der Waals surface area contributed by atoms with Crippen molar-refractivity contribution in [2.24, 2.45) is 0 Å². The first-order valence-corrected chi connectivity index (χ1v) is 11.9. The van der Waals surface area contributed by atoms with Crippen LogP contribution in [-0.2, 0) is 4.79 Å². The van der Waals surface area contributed by atoms with E-state index in [2.05, 4.69) is 20.9 Å². The Kier molecular flexibility index (Phi) is 20.9. The number of para-hydroxylation sites is 2. The maximum absolute atomic E-state index is 11.4. The molecule has 192 valence electrons. The first-order valence-electron chi connectivity index (χ1n) is 11.9. The Balaban J connectivity index is 0. The molecule has 0 bridgehead atoms. The van der Waals surface area contributed by atoms with Crippen LogP contribution in [0, 0.1) is 0 Å². The maximum atomic E-state index is 11.4. The van der Waals surface area contributed by atoms with Crippen molar-refractivity contribution < 1.29 is 14.3 Å². The molecule has 3 N–H and O–H groups in total. The van der Waals surface area contributed by atoms with Crippen LogP contribution in [0.25, 0.3) is 11.3 Å². The highest BCUT2D eigenvalue weighted by Crippen LogP contribution is 2.22. The van der Waals surface area contributed by atoms with Crippen LogP contribution in [0.4, 0.5) is 11.4 Å². The van der Waals surface area contributed by atoms with Gasteiger partial charge in [0, 0.05) is 25.9 Å². The molecule has 3 rings (SSSR count). The molecule has 0 saturated carbocycles. The number of aromatic nitrogens is 1. The molecule has 0 unspecified atom stereocenters. The maximum Gasteiger partial charge on any atom is 0.252 e. The predicted molar refractivity (Wildman–Crippen MR) is 149 cm³/mol. The van der Waals surface area contributed by atoms with E-state index in [1.807, 2.05) is 103 Å². The zero-order valence-electron chi connectivity index (χ0n) is 22.6. The summed E-state index contributed by atoms with van der Waals surface area (Å²) < 4.78 is 5.16. The summed E-state index contributed by atoms with van der Waals surface area (Å²) in [6, 6.07) is 18.7. The molecule has 35 heavy (non-hydrogen) atoms. The topological polar surface area (TPSA) is 92.3 Å². The fourth-order valence-corrected chi connectivity index (χ4v) is 2.52. The minimum atomic E-state index is -0.139. The molecule has 2 aromatic carbocycles. The summed E-state index contributed by atoms with van der Waals surface area (Å²) >= 11 is 0. The number of ether oxygens (including phenoxy) is 1. The van der Waals surface area contributed by atoms with E-state index in [1.54, 1.807) is 26.4 Å². The molecule has 7 nitrogen and oxygen atoms in total. The van der Waals surface area contributed by atoms with Crippen molar-refractivity contribution in [3.8, 4) is 17.0 Å². The molecule has 3 aromatic rings. The number of benzene rings is 2. The van der Waals surface area contributed by atoms with Crippen molar-refractivity contribution >= 4 is 23.7 Å². The molecule has 0 spiro atoms. The Morgan fingerprint density at radius 3 is 1.97 bits per heavy atom. The number of hydrogen-bond acceptors (Lipinski definition) is 5. The molecule has 0 saturated heterocycles. The normalized spacial score (nSPS) is 8.37. The van der Waals surface area contributed by atoms with E-state index in [4.69, 9.17) is 4.74 Å². The van der Waals surface area contributed by atoms with Gasteiger partial charge in [0.15, 0.2) is 0 Å². The monoisotopic (exact) mass is 482 g/mol. The van der Waals surface area contributed by atoms with E-state index in [9.17, 15) is 9.59 Å². The minimum absolute atomic E-state index is 0.139. The van der Waals surface area contributed by atoms with E-state index >= 15 is 0 Å². The Bertz CT molecular complexity index is 945. The number of carbonyl (C=O) groups excluding carboxylic acids is 2. The third-order valence-electron chi connectivity index (χ3n) is 4.03. The molecule has 0 aliphatic carbocycles. The molecule has 0 atom stereocenters. The number of pyridine rings is 1. The lowest BCUT2D eigenvalue weighted by Crippen LogP contribution is -2.17. The highest BCUT2D eigenvalue weighted by molar-refractivity contribution is 5.93. The summed E-state index contributed by atoms with van der Waals surface area (Å²) in [7, 11) is 5.03. The molecule has 0 aliphatic heterocycles. The van der Waals surface area contributed by atoms with Crippen LogP contribution in [-0.4, -0.2) is 38.5 Å². The molecule has 7 heteroatoms. The smallest absolute Gasteiger partial charge is 0.252 e. The number of nitrogens with one attached hydrogen (secondary N) is 3. The van der Waals surface area contributed by atoms with E-state index in [0.717, 1.165) is 28.4 Å². The van der Waals surface area contributed by atoms with E-state index in [0.29, 0.717) is 12.0 Å². The lowest BCUT2D eigenvalue weighted by atomic mass is 10.1. The van der Waals surface area contributed by atoms with Crippen LogP contribution < -0.4 is 20.7 Å². The molecule has 0 radical (unpaired) electrons. The fraction of sp³-hybridized carbons (Fsp3) is 0.321. The molecule has 0 aliphatic rings.